The maximum Gasteiger partial charge on any atom is 0.152 e. The van der Waals surface area contributed by atoms with Crippen LogP contribution in [0.15, 0.2) is 47.1 Å². The van der Waals surface area contributed by atoms with Crippen molar-refractivity contribution < 1.29 is 9.15 Å². The Morgan fingerprint density at radius 3 is 2.95 bits per heavy atom. The number of para-hydroxylation sites is 1. The summed E-state index contributed by atoms with van der Waals surface area (Å²) in [5, 5.41) is 1.50. The molecule has 2 N–H and O–H groups in total. The number of rotatable bonds is 3. The fourth-order valence-electron chi connectivity index (χ4n) is 2.17. The summed E-state index contributed by atoms with van der Waals surface area (Å²) in [7, 11) is 1.59. The number of furan rings is 1. The van der Waals surface area contributed by atoms with Crippen LogP contribution >= 0.6 is 11.6 Å². The van der Waals surface area contributed by atoms with Crippen LogP contribution in [0.3, 0.4) is 0 Å². The molecule has 0 saturated heterocycles. The highest BCUT2D eigenvalue weighted by atomic mass is 35.5. The lowest BCUT2D eigenvalue weighted by Gasteiger charge is -2.12. The van der Waals surface area contributed by atoms with E-state index < -0.39 is 6.04 Å². The van der Waals surface area contributed by atoms with Crippen LogP contribution in [0, 0.1) is 0 Å². The summed E-state index contributed by atoms with van der Waals surface area (Å²) < 4.78 is 11.1. The quantitative estimate of drug-likeness (QED) is 0.801. The lowest BCUT2D eigenvalue weighted by molar-refractivity contribution is 0.402. The molecule has 0 aliphatic carbocycles. The lowest BCUT2D eigenvalue weighted by Crippen LogP contribution is -2.12. The Morgan fingerprint density at radius 1 is 1.35 bits per heavy atom. The van der Waals surface area contributed by atoms with Crippen molar-refractivity contribution in [1.29, 1.82) is 0 Å². The van der Waals surface area contributed by atoms with Gasteiger partial charge in [-0.2, -0.15) is 0 Å². The normalized spacial score (nSPS) is 12.6. The summed E-state index contributed by atoms with van der Waals surface area (Å²) in [6, 6.07) is 8.88. The van der Waals surface area contributed by atoms with Gasteiger partial charge in [0, 0.05) is 17.1 Å². The molecule has 5 heteroatoms. The fourth-order valence-corrected chi connectivity index (χ4v) is 2.39. The number of nitrogens with zero attached hydrogens (tertiary/aromatic N) is 1. The van der Waals surface area contributed by atoms with Crippen LogP contribution in [-0.2, 0) is 0 Å². The summed E-state index contributed by atoms with van der Waals surface area (Å²) in [6.45, 7) is 0. The van der Waals surface area contributed by atoms with Crippen LogP contribution < -0.4 is 10.5 Å². The largest absolute Gasteiger partial charge is 0.495 e. The molecule has 1 aromatic carbocycles. The average molecular weight is 289 g/mol. The molecule has 2 aromatic heterocycles. The summed E-state index contributed by atoms with van der Waals surface area (Å²) in [6.07, 6.45) is 3.30. The monoisotopic (exact) mass is 288 g/mol. The highest BCUT2D eigenvalue weighted by molar-refractivity contribution is 6.34. The van der Waals surface area contributed by atoms with Gasteiger partial charge in [0.25, 0.3) is 0 Å². The number of ether oxygens (including phenoxy) is 1. The van der Waals surface area contributed by atoms with Gasteiger partial charge in [-0.05, 0) is 18.2 Å². The van der Waals surface area contributed by atoms with E-state index in [1.165, 1.54) is 0 Å². The van der Waals surface area contributed by atoms with Crippen LogP contribution in [0.4, 0.5) is 0 Å². The maximum atomic E-state index is 6.26. The maximum absolute atomic E-state index is 6.26. The van der Waals surface area contributed by atoms with Gasteiger partial charge in [-0.25, -0.2) is 0 Å². The van der Waals surface area contributed by atoms with Gasteiger partial charge in [-0.15, -0.1) is 0 Å². The number of hydrogen-bond acceptors (Lipinski definition) is 4. The summed E-state index contributed by atoms with van der Waals surface area (Å²) in [4.78, 5) is 4.02. The molecule has 0 fully saturated rings. The number of halogens is 1. The van der Waals surface area contributed by atoms with Crippen molar-refractivity contribution in [2.45, 2.75) is 6.04 Å². The number of hydrogen-bond donors (Lipinski definition) is 1. The summed E-state index contributed by atoms with van der Waals surface area (Å²) in [5.41, 5.74) is 7.73. The first kappa shape index (κ1) is 13.0. The fraction of sp³-hybridized carbons (Fsp3) is 0.133. The van der Waals surface area contributed by atoms with Crippen LogP contribution in [0.1, 0.15) is 17.4 Å². The second-order valence-corrected chi connectivity index (χ2v) is 4.81. The third-order valence-electron chi connectivity index (χ3n) is 3.19. The van der Waals surface area contributed by atoms with Gasteiger partial charge >= 0.3 is 0 Å². The SMILES string of the molecule is COc1cnccc1C(N)c1cc2cccc(Cl)c2o1. The number of aromatic nitrogens is 1. The van der Waals surface area contributed by atoms with E-state index in [9.17, 15) is 0 Å². The summed E-state index contributed by atoms with van der Waals surface area (Å²) in [5.74, 6) is 1.27. The summed E-state index contributed by atoms with van der Waals surface area (Å²) >= 11 is 6.11. The van der Waals surface area contributed by atoms with E-state index in [2.05, 4.69) is 4.98 Å². The Labute approximate surface area is 121 Å². The molecule has 3 rings (SSSR count). The zero-order valence-corrected chi connectivity index (χ0v) is 11.6. The van der Waals surface area contributed by atoms with Gasteiger partial charge in [-0.3, -0.25) is 4.98 Å². The topological polar surface area (TPSA) is 61.3 Å². The third kappa shape index (κ3) is 2.13. The van der Waals surface area contributed by atoms with E-state index in [1.54, 1.807) is 25.6 Å². The van der Waals surface area contributed by atoms with E-state index in [0.717, 1.165) is 10.9 Å². The molecule has 4 nitrogen and oxygen atoms in total. The minimum absolute atomic E-state index is 0.434. The van der Waals surface area contributed by atoms with Crippen LogP contribution in [0.2, 0.25) is 5.02 Å². The van der Waals surface area contributed by atoms with E-state index in [1.807, 2.05) is 24.3 Å². The Kier molecular flexibility index (Phi) is 3.34. The predicted octanol–water partition coefficient (Wildman–Crippen LogP) is 3.54. The Morgan fingerprint density at radius 2 is 2.20 bits per heavy atom. The van der Waals surface area contributed by atoms with E-state index in [-0.39, 0.29) is 0 Å². The van der Waals surface area contributed by atoms with Crippen molar-refractivity contribution >= 4 is 22.6 Å². The first-order valence-electron chi connectivity index (χ1n) is 6.12. The van der Waals surface area contributed by atoms with Crippen molar-refractivity contribution in [3.8, 4) is 5.75 Å². The van der Waals surface area contributed by atoms with Crippen LogP contribution in [0.5, 0.6) is 5.75 Å². The first-order valence-corrected chi connectivity index (χ1v) is 6.50. The zero-order chi connectivity index (χ0) is 14.1. The second kappa shape index (κ2) is 5.15. The molecule has 0 aliphatic heterocycles. The number of pyridine rings is 1. The van der Waals surface area contributed by atoms with Gasteiger partial charge in [-0.1, -0.05) is 23.7 Å². The Bertz CT molecular complexity index is 754. The molecule has 0 bridgehead atoms. The van der Waals surface area contributed by atoms with Crippen molar-refractivity contribution in [3.05, 3.63) is 59.1 Å². The van der Waals surface area contributed by atoms with Crippen LogP contribution in [-0.4, -0.2) is 12.1 Å². The van der Waals surface area contributed by atoms with Crippen molar-refractivity contribution in [2.24, 2.45) is 5.73 Å². The Balaban J connectivity index is 2.08. The molecule has 1 unspecified atom stereocenters. The molecule has 102 valence electrons. The third-order valence-corrected chi connectivity index (χ3v) is 3.49. The molecule has 0 radical (unpaired) electrons. The molecule has 0 saturated carbocycles. The average Bonchev–Trinajstić information content (AvgIpc) is 2.92. The van der Waals surface area contributed by atoms with Crippen LogP contribution in [0.25, 0.3) is 11.0 Å². The molecular formula is C15H13ClN2O2. The second-order valence-electron chi connectivity index (χ2n) is 4.40. The van der Waals surface area contributed by atoms with E-state index in [0.29, 0.717) is 22.1 Å². The van der Waals surface area contributed by atoms with Gasteiger partial charge in [0.05, 0.1) is 24.4 Å². The molecular weight excluding hydrogens is 276 g/mol. The highest BCUT2D eigenvalue weighted by Gasteiger charge is 2.18. The standard InChI is InChI=1S/C15H13ClN2O2/c1-19-13-8-18-6-5-10(13)14(17)12-7-9-3-2-4-11(16)15(9)20-12/h2-8,14H,17H2,1H3. The minimum Gasteiger partial charge on any atom is -0.495 e. The lowest BCUT2D eigenvalue weighted by atomic mass is 10.1. The van der Waals surface area contributed by atoms with Gasteiger partial charge in [0.1, 0.15) is 11.5 Å². The van der Waals surface area contributed by atoms with E-state index >= 15 is 0 Å². The zero-order valence-electron chi connectivity index (χ0n) is 10.8. The minimum atomic E-state index is -0.434. The molecule has 3 aromatic rings. The van der Waals surface area contributed by atoms with E-state index in [4.69, 9.17) is 26.5 Å². The van der Waals surface area contributed by atoms with Gasteiger partial charge < -0.3 is 14.9 Å². The molecule has 0 amide bonds. The highest BCUT2D eigenvalue weighted by Crippen LogP contribution is 2.33. The van der Waals surface area contributed by atoms with Gasteiger partial charge in [0.15, 0.2) is 5.58 Å². The Hall–Kier alpha value is -2.04. The molecule has 20 heavy (non-hydrogen) atoms. The molecule has 0 aliphatic rings. The number of fused-ring (bicyclic) bond motifs is 1. The van der Waals surface area contributed by atoms with Crippen molar-refractivity contribution in [1.82, 2.24) is 4.98 Å². The van der Waals surface area contributed by atoms with Gasteiger partial charge in [0.2, 0.25) is 0 Å². The van der Waals surface area contributed by atoms with Crippen molar-refractivity contribution in [3.63, 3.8) is 0 Å². The predicted molar refractivity (Wildman–Crippen MR) is 78.0 cm³/mol. The number of benzene rings is 1. The molecule has 0 spiro atoms. The molecule has 2 heterocycles. The smallest absolute Gasteiger partial charge is 0.152 e. The van der Waals surface area contributed by atoms with Crippen molar-refractivity contribution in [2.75, 3.05) is 7.11 Å². The molecule has 1 atom stereocenters. The number of methoxy groups -OCH3 is 1. The first-order chi connectivity index (χ1) is 9.70. The number of nitrogens with two attached hydrogens (primary N) is 1.